The lowest BCUT2D eigenvalue weighted by Crippen LogP contribution is -2.44. The molecule has 1 amide bonds. The minimum atomic E-state index is -0.493. The third-order valence-electron chi connectivity index (χ3n) is 7.04. The van der Waals surface area contributed by atoms with E-state index in [1.54, 1.807) is 14.2 Å². The number of amides is 1. The Hall–Kier alpha value is -3.31. The minimum absolute atomic E-state index is 0.0165. The van der Waals surface area contributed by atoms with Gasteiger partial charge < -0.3 is 15.2 Å². The number of rotatable bonds is 8. The number of nitrogens with zero attached hydrogens (tertiary/aromatic N) is 1. The Morgan fingerprint density at radius 1 is 1.00 bits per heavy atom. The molecule has 1 aliphatic rings. The smallest absolute Gasteiger partial charge is 0.239 e. The second-order valence-electron chi connectivity index (χ2n) is 9.08. The van der Waals surface area contributed by atoms with Gasteiger partial charge in [-0.15, -0.1) is 0 Å². The molecule has 2 N–H and O–H groups in total. The summed E-state index contributed by atoms with van der Waals surface area (Å²) in [6, 6.07) is 20.2. The molecule has 5 nitrogen and oxygen atoms in total. The first-order valence-corrected chi connectivity index (χ1v) is 11.8. The van der Waals surface area contributed by atoms with Gasteiger partial charge in [0.05, 0.1) is 14.2 Å². The van der Waals surface area contributed by atoms with Gasteiger partial charge in [0.1, 0.15) is 6.04 Å². The quantitative estimate of drug-likeness (QED) is 0.511. The van der Waals surface area contributed by atoms with Crippen LogP contribution in [0.5, 0.6) is 11.5 Å². The molecule has 0 aromatic heterocycles. The van der Waals surface area contributed by atoms with Crippen LogP contribution >= 0.6 is 0 Å². The van der Waals surface area contributed by atoms with Crippen molar-refractivity contribution in [2.75, 3.05) is 20.8 Å². The highest BCUT2D eigenvalue weighted by molar-refractivity contribution is 5.81. The fourth-order valence-corrected chi connectivity index (χ4v) is 5.09. The maximum Gasteiger partial charge on any atom is 0.239 e. The first-order valence-electron chi connectivity index (χ1n) is 11.8. The second-order valence-corrected chi connectivity index (χ2v) is 9.08. The summed E-state index contributed by atoms with van der Waals surface area (Å²) in [5.41, 5.74) is 13.2. The summed E-state index contributed by atoms with van der Waals surface area (Å²) in [5, 5.41) is 0. The molecule has 34 heavy (non-hydrogen) atoms. The molecule has 0 radical (unpaired) electrons. The van der Waals surface area contributed by atoms with Crippen LogP contribution in [0.3, 0.4) is 0 Å². The van der Waals surface area contributed by atoms with Crippen LogP contribution in [-0.2, 0) is 17.6 Å². The van der Waals surface area contributed by atoms with E-state index in [1.165, 1.54) is 27.8 Å². The molecule has 1 aliphatic heterocycles. The van der Waals surface area contributed by atoms with Gasteiger partial charge in [-0.3, -0.25) is 9.69 Å². The van der Waals surface area contributed by atoms with Crippen LogP contribution in [0.25, 0.3) is 0 Å². The zero-order chi connectivity index (χ0) is 24.2. The van der Waals surface area contributed by atoms with E-state index in [0.29, 0.717) is 5.75 Å². The van der Waals surface area contributed by atoms with Crippen molar-refractivity contribution in [3.63, 3.8) is 0 Å². The molecule has 2 unspecified atom stereocenters. The monoisotopic (exact) mass is 458 g/mol. The van der Waals surface area contributed by atoms with Crippen molar-refractivity contribution in [3.05, 3.63) is 94.0 Å². The minimum Gasteiger partial charge on any atom is -0.493 e. The molecule has 0 aliphatic carbocycles. The van der Waals surface area contributed by atoms with Crippen LogP contribution in [0, 0.1) is 13.8 Å². The maximum atomic E-state index is 12.8. The number of carbonyl (C=O) groups excluding carboxylic acids is 1. The van der Waals surface area contributed by atoms with Gasteiger partial charge in [0.15, 0.2) is 11.5 Å². The predicted octanol–water partition coefficient (Wildman–Crippen LogP) is 5.08. The van der Waals surface area contributed by atoms with Crippen LogP contribution in [-0.4, -0.2) is 31.6 Å². The highest BCUT2D eigenvalue weighted by Crippen LogP contribution is 2.43. The number of nitrogens with two attached hydrogens (primary N) is 1. The Labute approximate surface area is 202 Å². The summed E-state index contributed by atoms with van der Waals surface area (Å²) in [6.45, 7) is 5.02. The van der Waals surface area contributed by atoms with E-state index in [0.717, 1.165) is 37.1 Å². The summed E-state index contributed by atoms with van der Waals surface area (Å²) < 4.78 is 11.2. The molecule has 0 spiro atoms. The van der Waals surface area contributed by atoms with Gasteiger partial charge in [-0.25, -0.2) is 0 Å². The van der Waals surface area contributed by atoms with Crippen LogP contribution < -0.4 is 15.2 Å². The Balaban J connectivity index is 1.75. The number of hydrogen-bond acceptors (Lipinski definition) is 4. The maximum absolute atomic E-state index is 12.8. The third kappa shape index (κ3) is 4.80. The number of benzene rings is 3. The highest BCUT2D eigenvalue weighted by Gasteiger charge is 2.36. The van der Waals surface area contributed by atoms with Gasteiger partial charge in [0.25, 0.3) is 0 Å². The van der Waals surface area contributed by atoms with E-state index in [2.05, 4.69) is 49.1 Å². The van der Waals surface area contributed by atoms with Crippen molar-refractivity contribution in [1.82, 2.24) is 4.90 Å². The van der Waals surface area contributed by atoms with Crippen LogP contribution in [0.4, 0.5) is 0 Å². The van der Waals surface area contributed by atoms with Gasteiger partial charge in [0.2, 0.25) is 5.91 Å². The van der Waals surface area contributed by atoms with Crippen molar-refractivity contribution < 1.29 is 14.3 Å². The summed E-state index contributed by atoms with van der Waals surface area (Å²) >= 11 is 0. The molecule has 2 atom stereocenters. The predicted molar refractivity (Wildman–Crippen MR) is 135 cm³/mol. The summed E-state index contributed by atoms with van der Waals surface area (Å²) in [7, 11) is 3.32. The van der Waals surface area contributed by atoms with Gasteiger partial charge in [0, 0.05) is 12.6 Å². The van der Waals surface area contributed by atoms with Crippen LogP contribution in [0.15, 0.2) is 60.7 Å². The third-order valence-corrected chi connectivity index (χ3v) is 7.04. The number of ether oxygens (including phenoxy) is 2. The Morgan fingerprint density at radius 2 is 1.71 bits per heavy atom. The first-order chi connectivity index (χ1) is 16.4. The number of aryl methyl sites for hydroxylation is 3. The number of hydrogen-bond donors (Lipinski definition) is 1. The lowest BCUT2D eigenvalue weighted by atomic mass is 9.86. The number of carbonyl (C=O) groups is 1. The SMILES string of the molecule is COc1cc2c(cc1OC)C(CCc1ccc(C)c(C)c1)N(C(C(N)=O)c1ccccc1)CC2. The molecule has 3 aromatic carbocycles. The van der Waals surface area contributed by atoms with E-state index >= 15 is 0 Å². The van der Waals surface area contributed by atoms with E-state index in [1.807, 2.05) is 30.3 Å². The summed E-state index contributed by atoms with van der Waals surface area (Å²) in [6.07, 6.45) is 2.57. The zero-order valence-electron chi connectivity index (χ0n) is 20.5. The van der Waals surface area contributed by atoms with E-state index < -0.39 is 6.04 Å². The molecule has 178 valence electrons. The van der Waals surface area contributed by atoms with Crippen molar-refractivity contribution in [2.45, 2.75) is 45.2 Å². The van der Waals surface area contributed by atoms with Crippen LogP contribution in [0.1, 0.15) is 51.9 Å². The molecule has 0 saturated carbocycles. The van der Waals surface area contributed by atoms with Crippen LogP contribution in [0.2, 0.25) is 0 Å². The molecular weight excluding hydrogens is 424 g/mol. The van der Waals surface area contributed by atoms with Crippen molar-refractivity contribution in [2.24, 2.45) is 5.73 Å². The van der Waals surface area contributed by atoms with Crippen molar-refractivity contribution >= 4 is 5.91 Å². The summed E-state index contributed by atoms with van der Waals surface area (Å²) in [4.78, 5) is 15.0. The number of methoxy groups -OCH3 is 2. The lowest BCUT2D eigenvalue weighted by Gasteiger charge is -2.41. The molecule has 3 aromatic rings. The molecule has 5 heteroatoms. The average molecular weight is 459 g/mol. The molecular formula is C29H34N2O3. The highest BCUT2D eigenvalue weighted by atomic mass is 16.5. The molecule has 1 heterocycles. The van der Waals surface area contributed by atoms with Gasteiger partial charge in [-0.2, -0.15) is 0 Å². The lowest BCUT2D eigenvalue weighted by molar-refractivity contribution is -0.124. The van der Waals surface area contributed by atoms with E-state index in [-0.39, 0.29) is 11.9 Å². The molecule has 0 bridgehead atoms. The number of primary amides is 1. The Kier molecular flexibility index (Phi) is 7.23. The van der Waals surface area contributed by atoms with E-state index in [9.17, 15) is 4.79 Å². The first kappa shape index (κ1) is 23.8. The van der Waals surface area contributed by atoms with Gasteiger partial charge >= 0.3 is 0 Å². The molecule has 4 rings (SSSR count). The second kappa shape index (κ2) is 10.3. The van der Waals surface area contributed by atoms with Gasteiger partial charge in [-0.1, -0.05) is 48.5 Å². The van der Waals surface area contributed by atoms with Crippen molar-refractivity contribution in [3.8, 4) is 11.5 Å². The zero-order valence-corrected chi connectivity index (χ0v) is 20.5. The summed E-state index contributed by atoms with van der Waals surface area (Å²) in [5.74, 6) is 1.11. The fraction of sp³-hybridized carbons (Fsp3) is 0.345. The normalized spacial score (nSPS) is 16.5. The Morgan fingerprint density at radius 3 is 2.35 bits per heavy atom. The topological polar surface area (TPSA) is 64.8 Å². The standard InChI is InChI=1S/C29H34N2O3/c1-19-10-11-21(16-20(19)2)12-13-25-24-18-27(34-4)26(33-3)17-23(24)14-15-31(25)28(29(30)32)22-8-6-5-7-9-22/h5-11,16-18,25,28H,12-15H2,1-4H3,(H2,30,32). The molecule has 0 fully saturated rings. The van der Waals surface area contributed by atoms with Crippen molar-refractivity contribution in [1.29, 1.82) is 0 Å². The molecule has 0 saturated heterocycles. The largest absolute Gasteiger partial charge is 0.493 e. The van der Waals surface area contributed by atoms with Gasteiger partial charge in [-0.05, 0) is 78.6 Å². The fourth-order valence-electron chi connectivity index (χ4n) is 5.09. The van der Waals surface area contributed by atoms with E-state index in [4.69, 9.17) is 15.2 Å². The number of fused-ring (bicyclic) bond motifs is 1. The average Bonchev–Trinajstić information content (AvgIpc) is 2.84. The Bertz CT molecular complexity index is 1160.